The topological polar surface area (TPSA) is 66.4 Å². The van der Waals surface area contributed by atoms with E-state index in [1.807, 2.05) is 0 Å². The molecule has 0 aromatic heterocycles. The summed E-state index contributed by atoms with van der Waals surface area (Å²) in [5.74, 6) is -0.157. The lowest BCUT2D eigenvalue weighted by atomic mass is 10.3. The molecule has 0 aliphatic rings. The molecule has 0 aliphatic heterocycles. The fourth-order valence-electron chi connectivity index (χ4n) is 1.38. The van der Waals surface area contributed by atoms with Gasteiger partial charge in [0, 0.05) is 5.69 Å². The summed E-state index contributed by atoms with van der Waals surface area (Å²) in [5.41, 5.74) is 0.460. The number of aromatic hydroxyl groups is 1. The molecule has 2 rings (SSSR count). The molecule has 94 valence electrons. The Morgan fingerprint density at radius 3 is 2.33 bits per heavy atom. The number of para-hydroxylation sites is 1. The molecule has 0 aliphatic carbocycles. The number of nitrogens with one attached hydrogen (secondary N) is 1. The van der Waals surface area contributed by atoms with E-state index in [0.29, 0.717) is 5.69 Å². The fourth-order valence-corrected chi connectivity index (χ4v) is 2.70. The van der Waals surface area contributed by atoms with Crippen molar-refractivity contribution < 1.29 is 13.5 Å². The lowest BCUT2D eigenvalue weighted by Gasteiger charge is -2.08. The summed E-state index contributed by atoms with van der Waals surface area (Å²) in [6, 6.07) is 12.2. The standard InChI is InChI=1S/C12H10ClNO3S/c13-11-8-10(6-7-12(11)15)18(16,17)14-9-4-2-1-3-5-9/h1-8,14-15H. The molecule has 0 radical (unpaired) electrons. The number of halogens is 1. The van der Waals surface area contributed by atoms with Gasteiger partial charge in [-0.05, 0) is 30.3 Å². The van der Waals surface area contributed by atoms with Crippen LogP contribution in [-0.2, 0) is 10.0 Å². The van der Waals surface area contributed by atoms with Gasteiger partial charge < -0.3 is 5.11 Å². The highest BCUT2D eigenvalue weighted by Gasteiger charge is 2.15. The smallest absolute Gasteiger partial charge is 0.261 e. The number of phenolic OH excluding ortho intramolecular Hbond substituents is 1. The second-order valence-corrected chi connectivity index (χ2v) is 5.67. The average molecular weight is 284 g/mol. The van der Waals surface area contributed by atoms with Crippen molar-refractivity contribution in [1.29, 1.82) is 0 Å². The molecule has 2 aromatic rings. The quantitative estimate of drug-likeness (QED) is 0.910. The molecule has 4 nitrogen and oxygen atoms in total. The second kappa shape index (κ2) is 4.88. The van der Waals surface area contributed by atoms with E-state index in [4.69, 9.17) is 11.6 Å². The first-order valence-corrected chi connectivity index (χ1v) is 6.91. The van der Waals surface area contributed by atoms with Crippen LogP contribution in [-0.4, -0.2) is 13.5 Å². The third-order valence-corrected chi connectivity index (χ3v) is 3.94. The highest BCUT2D eigenvalue weighted by molar-refractivity contribution is 7.92. The second-order valence-electron chi connectivity index (χ2n) is 3.58. The maximum atomic E-state index is 12.0. The zero-order chi connectivity index (χ0) is 13.2. The molecule has 2 N–H and O–H groups in total. The first kappa shape index (κ1) is 12.7. The zero-order valence-electron chi connectivity index (χ0n) is 9.17. The van der Waals surface area contributed by atoms with Gasteiger partial charge in [-0.2, -0.15) is 0 Å². The molecule has 6 heteroatoms. The maximum Gasteiger partial charge on any atom is 0.261 e. The van der Waals surface area contributed by atoms with Crippen LogP contribution < -0.4 is 4.72 Å². The van der Waals surface area contributed by atoms with Crippen LogP contribution in [0.15, 0.2) is 53.4 Å². The lowest BCUT2D eigenvalue weighted by Crippen LogP contribution is -2.12. The Kier molecular flexibility index (Phi) is 3.45. The van der Waals surface area contributed by atoms with Gasteiger partial charge in [0.1, 0.15) is 5.75 Å². The predicted molar refractivity (Wildman–Crippen MR) is 70.4 cm³/mol. The van der Waals surface area contributed by atoms with E-state index < -0.39 is 10.0 Å². The van der Waals surface area contributed by atoms with Gasteiger partial charge in [-0.1, -0.05) is 29.8 Å². The predicted octanol–water partition coefficient (Wildman–Crippen LogP) is 2.85. The van der Waals surface area contributed by atoms with Crippen LogP contribution in [0.5, 0.6) is 5.75 Å². The number of anilines is 1. The van der Waals surface area contributed by atoms with E-state index >= 15 is 0 Å². The van der Waals surface area contributed by atoms with Gasteiger partial charge in [0.2, 0.25) is 0 Å². The van der Waals surface area contributed by atoms with Crippen molar-refractivity contribution in [2.45, 2.75) is 4.90 Å². The summed E-state index contributed by atoms with van der Waals surface area (Å²) in [4.78, 5) is -0.00541. The van der Waals surface area contributed by atoms with Crippen LogP contribution in [0, 0.1) is 0 Å². The van der Waals surface area contributed by atoms with Gasteiger partial charge in [-0.25, -0.2) is 8.42 Å². The summed E-state index contributed by atoms with van der Waals surface area (Å²) < 4.78 is 26.4. The molecule has 2 aromatic carbocycles. The van der Waals surface area contributed by atoms with E-state index in [2.05, 4.69) is 4.72 Å². The highest BCUT2D eigenvalue weighted by atomic mass is 35.5. The van der Waals surface area contributed by atoms with Gasteiger partial charge >= 0.3 is 0 Å². The number of hydrogen-bond donors (Lipinski definition) is 2. The van der Waals surface area contributed by atoms with E-state index in [0.717, 1.165) is 0 Å². The van der Waals surface area contributed by atoms with E-state index in [-0.39, 0.29) is 15.7 Å². The Labute approximate surface area is 110 Å². The van der Waals surface area contributed by atoms with E-state index in [9.17, 15) is 13.5 Å². The van der Waals surface area contributed by atoms with Gasteiger partial charge in [0.05, 0.1) is 9.92 Å². The van der Waals surface area contributed by atoms with Crippen molar-refractivity contribution in [2.75, 3.05) is 4.72 Å². The van der Waals surface area contributed by atoms with E-state index in [1.165, 1.54) is 18.2 Å². The van der Waals surface area contributed by atoms with Crippen molar-refractivity contribution in [2.24, 2.45) is 0 Å². The van der Waals surface area contributed by atoms with Crippen LogP contribution in [0.4, 0.5) is 5.69 Å². The SMILES string of the molecule is O=S(=O)(Nc1ccccc1)c1ccc(O)c(Cl)c1. The van der Waals surface area contributed by atoms with Gasteiger partial charge in [0.15, 0.2) is 0 Å². The summed E-state index contributed by atoms with van der Waals surface area (Å²) in [5, 5.41) is 9.24. The van der Waals surface area contributed by atoms with Crippen molar-refractivity contribution in [3.8, 4) is 5.75 Å². The lowest BCUT2D eigenvalue weighted by molar-refractivity contribution is 0.475. The third-order valence-electron chi connectivity index (χ3n) is 2.26. The molecule has 0 spiro atoms. The third kappa shape index (κ3) is 2.75. The minimum Gasteiger partial charge on any atom is -0.506 e. The first-order chi connectivity index (χ1) is 8.49. The largest absolute Gasteiger partial charge is 0.506 e. The van der Waals surface area contributed by atoms with Crippen molar-refractivity contribution in [1.82, 2.24) is 0 Å². The molecule has 0 bridgehead atoms. The maximum absolute atomic E-state index is 12.0. The summed E-state index contributed by atoms with van der Waals surface area (Å²) in [6.07, 6.45) is 0. The Balaban J connectivity index is 2.34. The minimum absolute atomic E-state index is 0.00541. The molecule has 0 amide bonds. The Morgan fingerprint density at radius 2 is 1.72 bits per heavy atom. The molecular weight excluding hydrogens is 274 g/mol. The minimum atomic E-state index is -3.70. The number of benzene rings is 2. The van der Waals surface area contributed by atoms with Crippen LogP contribution in [0.1, 0.15) is 0 Å². The number of phenols is 1. The Morgan fingerprint density at radius 1 is 1.06 bits per heavy atom. The highest BCUT2D eigenvalue weighted by Crippen LogP contribution is 2.26. The summed E-state index contributed by atoms with van der Waals surface area (Å²) >= 11 is 5.68. The summed E-state index contributed by atoms with van der Waals surface area (Å²) in [6.45, 7) is 0. The van der Waals surface area contributed by atoms with Gasteiger partial charge in [-0.15, -0.1) is 0 Å². The Hall–Kier alpha value is -1.72. The van der Waals surface area contributed by atoms with Crippen molar-refractivity contribution in [3.63, 3.8) is 0 Å². The molecule has 18 heavy (non-hydrogen) atoms. The number of sulfonamides is 1. The Bertz CT molecular complexity index is 656. The first-order valence-electron chi connectivity index (χ1n) is 5.05. The molecule has 0 saturated carbocycles. The fraction of sp³-hybridized carbons (Fsp3) is 0. The van der Waals surface area contributed by atoms with E-state index in [1.54, 1.807) is 30.3 Å². The average Bonchev–Trinajstić information content (AvgIpc) is 2.33. The van der Waals surface area contributed by atoms with Crippen LogP contribution >= 0.6 is 11.6 Å². The monoisotopic (exact) mass is 283 g/mol. The van der Waals surface area contributed by atoms with Gasteiger partial charge in [-0.3, -0.25) is 4.72 Å². The molecule has 0 unspecified atom stereocenters. The molecule has 0 fully saturated rings. The zero-order valence-corrected chi connectivity index (χ0v) is 10.7. The molecule has 0 saturated heterocycles. The van der Waals surface area contributed by atoms with Crippen LogP contribution in [0.3, 0.4) is 0 Å². The van der Waals surface area contributed by atoms with Crippen molar-refractivity contribution >= 4 is 27.3 Å². The van der Waals surface area contributed by atoms with Crippen molar-refractivity contribution in [3.05, 3.63) is 53.6 Å². The molecule has 0 heterocycles. The normalized spacial score (nSPS) is 11.2. The molecule has 0 atom stereocenters. The van der Waals surface area contributed by atoms with Crippen LogP contribution in [0.25, 0.3) is 0 Å². The number of hydrogen-bond acceptors (Lipinski definition) is 3. The van der Waals surface area contributed by atoms with Gasteiger partial charge in [0.25, 0.3) is 10.0 Å². The summed E-state index contributed by atoms with van der Waals surface area (Å²) in [7, 11) is -3.70. The van der Waals surface area contributed by atoms with Crippen LogP contribution in [0.2, 0.25) is 5.02 Å². The number of rotatable bonds is 3. The molecular formula is C12H10ClNO3S.